The zero-order valence-corrected chi connectivity index (χ0v) is 13.8. The molecule has 0 saturated carbocycles. The molecule has 128 valence electrons. The largest absolute Gasteiger partial charge is 0.463 e. The molecule has 0 spiro atoms. The molecule has 3 aromatic heterocycles. The fourth-order valence-corrected chi connectivity index (χ4v) is 3.22. The number of piperidine rings is 1. The number of hydrogen-bond donors (Lipinski definition) is 0. The average Bonchev–Trinajstić information content (AvgIpc) is 3.36. The molecule has 1 fully saturated rings. The first-order valence-corrected chi connectivity index (χ1v) is 8.41. The highest BCUT2D eigenvalue weighted by Crippen LogP contribution is 2.22. The van der Waals surface area contributed by atoms with Crippen LogP contribution in [0.25, 0.3) is 11.5 Å². The minimum absolute atomic E-state index is 0.0504. The highest BCUT2D eigenvalue weighted by atomic mass is 16.3. The number of furan rings is 1. The zero-order chi connectivity index (χ0) is 17.1. The van der Waals surface area contributed by atoms with Crippen LogP contribution >= 0.6 is 0 Å². The molecule has 25 heavy (non-hydrogen) atoms. The molecule has 7 heteroatoms. The second kappa shape index (κ2) is 6.88. The molecule has 1 amide bonds. The van der Waals surface area contributed by atoms with Gasteiger partial charge in [0.2, 0.25) is 0 Å². The van der Waals surface area contributed by atoms with Gasteiger partial charge in [0.05, 0.1) is 6.26 Å². The summed E-state index contributed by atoms with van der Waals surface area (Å²) in [6.45, 7) is 2.38. The summed E-state index contributed by atoms with van der Waals surface area (Å²) in [4.78, 5) is 23.0. The summed E-state index contributed by atoms with van der Waals surface area (Å²) >= 11 is 0. The smallest absolute Gasteiger partial charge is 0.253 e. The van der Waals surface area contributed by atoms with Crippen molar-refractivity contribution in [2.24, 2.45) is 5.92 Å². The van der Waals surface area contributed by atoms with E-state index >= 15 is 0 Å². The lowest BCUT2D eigenvalue weighted by Gasteiger charge is -2.32. The van der Waals surface area contributed by atoms with E-state index < -0.39 is 0 Å². The minimum Gasteiger partial charge on any atom is -0.463 e. The fraction of sp³-hybridized carbons (Fsp3) is 0.333. The molecule has 0 N–H and O–H groups in total. The number of carbonyl (C=O) groups excluding carboxylic acids is 1. The van der Waals surface area contributed by atoms with Gasteiger partial charge in [0.25, 0.3) is 5.91 Å². The third-order valence-corrected chi connectivity index (χ3v) is 4.59. The fourth-order valence-electron chi connectivity index (χ4n) is 3.22. The summed E-state index contributed by atoms with van der Waals surface area (Å²) in [5.41, 5.74) is 1.33. The number of carbonyl (C=O) groups is 1. The van der Waals surface area contributed by atoms with Gasteiger partial charge in [-0.15, -0.1) is 0 Å². The van der Waals surface area contributed by atoms with Crippen LogP contribution in [0, 0.1) is 5.92 Å². The lowest BCUT2D eigenvalue weighted by molar-refractivity contribution is 0.0681. The van der Waals surface area contributed by atoms with E-state index in [1.54, 1.807) is 37.2 Å². The summed E-state index contributed by atoms with van der Waals surface area (Å²) in [7, 11) is 0. The van der Waals surface area contributed by atoms with Crippen LogP contribution < -0.4 is 0 Å². The molecule has 0 aromatic carbocycles. The molecule has 0 aliphatic carbocycles. The van der Waals surface area contributed by atoms with Crippen LogP contribution in [-0.2, 0) is 6.54 Å². The van der Waals surface area contributed by atoms with Crippen LogP contribution in [0.4, 0.5) is 0 Å². The molecular weight excluding hydrogens is 318 g/mol. The Balaban J connectivity index is 1.40. The van der Waals surface area contributed by atoms with Crippen LogP contribution in [0.1, 0.15) is 23.2 Å². The lowest BCUT2D eigenvalue weighted by Crippen LogP contribution is -2.39. The number of amides is 1. The van der Waals surface area contributed by atoms with E-state index in [0.29, 0.717) is 22.9 Å². The van der Waals surface area contributed by atoms with Crippen molar-refractivity contribution < 1.29 is 9.21 Å². The van der Waals surface area contributed by atoms with E-state index in [4.69, 9.17) is 4.42 Å². The average molecular weight is 337 g/mol. The second-order valence-corrected chi connectivity index (χ2v) is 6.26. The quantitative estimate of drug-likeness (QED) is 0.731. The van der Waals surface area contributed by atoms with Crippen LogP contribution in [0.15, 0.2) is 53.8 Å². The second-order valence-electron chi connectivity index (χ2n) is 6.26. The molecule has 7 nitrogen and oxygen atoms in total. The third-order valence-electron chi connectivity index (χ3n) is 4.59. The van der Waals surface area contributed by atoms with Gasteiger partial charge in [0.15, 0.2) is 5.76 Å². The first-order valence-electron chi connectivity index (χ1n) is 8.41. The van der Waals surface area contributed by atoms with Crippen LogP contribution in [0.2, 0.25) is 0 Å². The van der Waals surface area contributed by atoms with Gasteiger partial charge in [0, 0.05) is 31.4 Å². The Bertz CT molecular complexity index is 821. The van der Waals surface area contributed by atoms with E-state index in [1.165, 1.54) is 0 Å². The van der Waals surface area contributed by atoms with Gasteiger partial charge in [-0.05, 0) is 43.0 Å². The molecule has 1 saturated heterocycles. The molecule has 3 aromatic rings. The van der Waals surface area contributed by atoms with Gasteiger partial charge in [0.1, 0.15) is 18.3 Å². The highest BCUT2D eigenvalue weighted by molar-refractivity contribution is 5.95. The number of hydrogen-bond acceptors (Lipinski definition) is 5. The number of nitrogens with zero attached hydrogens (tertiary/aromatic N) is 5. The third kappa shape index (κ3) is 3.45. The molecule has 0 atom stereocenters. The predicted octanol–water partition coefficient (Wildman–Crippen LogP) is 2.49. The Morgan fingerprint density at radius 1 is 1.28 bits per heavy atom. The number of pyridine rings is 1. The lowest BCUT2D eigenvalue weighted by atomic mass is 9.96. The standard InChI is InChI=1S/C18H19N5O2/c24-18(15-3-6-20-16(10-15)17-2-1-9-25-17)22-7-4-14(5-8-22)11-23-13-19-12-21-23/h1-3,6,9-10,12-14H,4-5,7-8,11H2. The summed E-state index contributed by atoms with van der Waals surface area (Å²) < 4.78 is 7.22. The normalized spacial score (nSPS) is 15.4. The molecule has 0 unspecified atom stereocenters. The monoisotopic (exact) mass is 337 g/mol. The van der Waals surface area contributed by atoms with E-state index in [1.807, 2.05) is 21.7 Å². The molecule has 1 aliphatic heterocycles. The molecule has 4 rings (SSSR count). The van der Waals surface area contributed by atoms with E-state index in [9.17, 15) is 4.79 Å². The zero-order valence-electron chi connectivity index (χ0n) is 13.8. The van der Waals surface area contributed by atoms with E-state index in [-0.39, 0.29) is 5.91 Å². The van der Waals surface area contributed by atoms with Gasteiger partial charge >= 0.3 is 0 Å². The van der Waals surface area contributed by atoms with Crippen LogP contribution in [0.5, 0.6) is 0 Å². The first kappa shape index (κ1) is 15.6. The van der Waals surface area contributed by atoms with Crippen molar-refractivity contribution in [3.63, 3.8) is 0 Å². The predicted molar refractivity (Wildman–Crippen MR) is 90.6 cm³/mol. The molecule has 4 heterocycles. The Morgan fingerprint density at radius 3 is 2.88 bits per heavy atom. The molecule has 1 aliphatic rings. The van der Waals surface area contributed by atoms with Gasteiger partial charge in [-0.25, -0.2) is 4.98 Å². The van der Waals surface area contributed by atoms with Gasteiger partial charge in [-0.2, -0.15) is 5.10 Å². The molecule has 0 bridgehead atoms. The minimum atomic E-state index is 0.0504. The Morgan fingerprint density at radius 2 is 2.16 bits per heavy atom. The van der Waals surface area contributed by atoms with Crippen molar-refractivity contribution in [2.45, 2.75) is 19.4 Å². The Hall–Kier alpha value is -2.96. The number of rotatable bonds is 4. The van der Waals surface area contributed by atoms with Crippen molar-refractivity contribution in [3.8, 4) is 11.5 Å². The highest BCUT2D eigenvalue weighted by Gasteiger charge is 2.24. The van der Waals surface area contributed by atoms with E-state index in [2.05, 4.69) is 15.1 Å². The van der Waals surface area contributed by atoms with Crippen molar-refractivity contribution >= 4 is 5.91 Å². The maximum atomic E-state index is 12.8. The number of likely N-dealkylation sites (tertiary alicyclic amines) is 1. The first-order chi connectivity index (χ1) is 12.3. The van der Waals surface area contributed by atoms with Crippen molar-refractivity contribution in [1.82, 2.24) is 24.6 Å². The van der Waals surface area contributed by atoms with Gasteiger partial charge in [-0.3, -0.25) is 14.5 Å². The Labute approximate surface area is 145 Å². The summed E-state index contributed by atoms with van der Waals surface area (Å²) in [6.07, 6.45) is 8.50. The van der Waals surface area contributed by atoms with Gasteiger partial charge in [-0.1, -0.05) is 0 Å². The van der Waals surface area contributed by atoms with Crippen LogP contribution in [0.3, 0.4) is 0 Å². The van der Waals surface area contributed by atoms with Crippen molar-refractivity contribution in [2.75, 3.05) is 13.1 Å². The SMILES string of the molecule is O=C(c1ccnc(-c2ccco2)c1)N1CCC(Cn2cncn2)CC1. The Kier molecular flexibility index (Phi) is 4.28. The van der Waals surface area contributed by atoms with Gasteiger partial charge < -0.3 is 9.32 Å². The molecular formula is C18H19N5O2. The van der Waals surface area contributed by atoms with Crippen LogP contribution in [-0.4, -0.2) is 43.6 Å². The maximum Gasteiger partial charge on any atom is 0.253 e. The van der Waals surface area contributed by atoms with Crippen molar-refractivity contribution in [3.05, 3.63) is 54.9 Å². The summed E-state index contributed by atoms with van der Waals surface area (Å²) in [5.74, 6) is 1.25. The molecule has 0 radical (unpaired) electrons. The summed E-state index contributed by atoms with van der Waals surface area (Å²) in [6, 6.07) is 7.20. The van der Waals surface area contributed by atoms with E-state index in [0.717, 1.165) is 32.5 Å². The summed E-state index contributed by atoms with van der Waals surface area (Å²) in [5, 5.41) is 4.16. The number of aromatic nitrogens is 4. The topological polar surface area (TPSA) is 77.0 Å². The van der Waals surface area contributed by atoms with Crippen molar-refractivity contribution in [1.29, 1.82) is 0 Å². The maximum absolute atomic E-state index is 12.8.